The quantitative estimate of drug-likeness (QED) is 0.775. The number of halogens is 3. The van der Waals surface area contributed by atoms with Crippen LogP contribution in [-0.2, 0) is 6.18 Å². The van der Waals surface area contributed by atoms with Crippen LogP contribution in [0.4, 0.5) is 19.0 Å². The zero-order valence-electron chi connectivity index (χ0n) is 7.02. The third-order valence-corrected chi connectivity index (χ3v) is 1.45. The molecule has 0 aromatic carbocycles. The fourth-order valence-corrected chi connectivity index (χ4v) is 0.885. The molecule has 0 spiro atoms. The van der Waals surface area contributed by atoms with Crippen LogP contribution in [0.25, 0.3) is 0 Å². The highest BCUT2D eigenvalue weighted by atomic mass is 19.4. The van der Waals surface area contributed by atoms with Crippen LogP contribution in [0.5, 0.6) is 0 Å². The highest BCUT2D eigenvalue weighted by molar-refractivity contribution is 5.38. The summed E-state index contributed by atoms with van der Waals surface area (Å²) < 4.78 is 36.5. The first-order valence-electron chi connectivity index (χ1n) is 3.81. The Morgan fingerprint density at radius 1 is 1.46 bits per heavy atom. The molecule has 0 atom stereocenters. The second-order valence-electron chi connectivity index (χ2n) is 2.46. The molecular weight excluding hydrogens is 181 g/mol. The van der Waals surface area contributed by atoms with E-state index in [4.69, 9.17) is 0 Å². The van der Waals surface area contributed by atoms with E-state index in [1.165, 1.54) is 0 Å². The molecule has 1 aromatic heterocycles. The van der Waals surface area contributed by atoms with E-state index in [2.05, 4.69) is 10.3 Å². The van der Waals surface area contributed by atoms with Crippen molar-refractivity contribution in [3.63, 3.8) is 0 Å². The number of hydrogen-bond donors (Lipinski definition) is 1. The van der Waals surface area contributed by atoms with Gasteiger partial charge in [-0.25, -0.2) is 4.98 Å². The van der Waals surface area contributed by atoms with Crippen LogP contribution in [0.1, 0.15) is 12.5 Å². The predicted molar refractivity (Wildman–Crippen MR) is 43.4 cm³/mol. The lowest BCUT2D eigenvalue weighted by atomic mass is 10.2. The van der Waals surface area contributed by atoms with E-state index in [1.54, 1.807) is 6.92 Å². The highest BCUT2D eigenvalue weighted by Gasteiger charge is 2.30. The van der Waals surface area contributed by atoms with E-state index in [9.17, 15) is 13.2 Å². The molecule has 1 rings (SSSR count). The second kappa shape index (κ2) is 3.64. The van der Waals surface area contributed by atoms with Gasteiger partial charge < -0.3 is 5.32 Å². The van der Waals surface area contributed by atoms with Crippen LogP contribution in [-0.4, -0.2) is 11.5 Å². The normalized spacial score (nSPS) is 11.4. The van der Waals surface area contributed by atoms with Gasteiger partial charge in [-0.1, -0.05) is 0 Å². The largest absolute Gasteiger partial charge is 0.416 e. The third-order valence-electron chi connectivity index (χ3n) is 1.45. The van der Waals surface area contributed by atoms with Crippen molar-refractivity contribution in [1.29, 1.82) is 0 Å². The number of nitrogens with zero attached hydrogens (tertiary/aromatic N) is 1. The van der Waals surface area contributed by atoms with Crippen molar-refractivity contribution < 1.29 is 13.2 Å². The summed E-state index contributed by atoms with van der Waals surface area (Å²) in [5.74, 6) is 0.248. The van der Waals surface area contributed by atoms with E-state index in [0.717, 1.165) is 18.3 Å². The Kier molecular flexibility index (Phi) is 2.75. The molecule has 0 unspecified atom stereocenters. The molecule has 5 heteroatoms. The van der Waals surface area contributed by atoms with Gasteiger partial charge in [-0.3, -0.25) is 0 Å². The molecule has 0 bridgehead atoms. The summed E-state index contributed by atoms with van der Waals surface area (Å²) in [6.07, 6.45) is -3.16. The molecule has 1 N–H and O–H groups in total. The Morgan fingerprint density at radius 2 is 2.15 bits per heavy atom. The van der Waals surface area contributed by atoms with Gasteiger partial charge in [0.2, 0.25) is 0 Å². The Balaban J connectivity index is 2.92. The number of aromatic nitrogens is 1. The Bertz CT molecular complexity index is 283. The van der Waals surface area contributed by atoms with Gasteiger partial charge in [0, 0.05) is 12.7 Å². The Hall–Kier alpha value is -1.26. The van der Waals surface area contributed by atoms with E-state index in [-0.39, 0.29) is 5.82 Å². The summed E-state index contributed by atoms with van der Waals surface area (Å²) >= 11 is 0. The summed E-state index contributed by atoms with van der Waals surface area (Å²) in [6.45, 7) is 2.34. The fourth-order valence-electron chi connectivity index (χ4n) is 0.885. The summed E-state index contributed by atoms with van der Waals surface area (Å²) in [5, 5.41) is 2.71. The second-order valence-corrected chi connectivity index (χ2v) is 2.46. The molecule has 0 radical (unpaired) electrons. The molecule has 13 heavy (non-hydrogen) atoms. The van der Waals surface area contributed by atoms with Crippen molar-refractivity contribution in [3.05, 3.63) is 23.9 Å². The monoisotopic (exact) mass is 190 g/mol. The number of alkyl halides is 3. The van der Waals surface area contributed by atoms with Gasteiger partial charge in [0.25, 0.3) is 0 Å². The average molecular weight is 190 g/mol. The van der Waals surface area contributed by atoms with Crippen LogP contribution in [0.3, 0.4) is 0 Å². The van der Waals surface area contributed by atoms with E-state index < -0.39 is 11.7 Å². The summed E-state index contributed by atoms with van der Waals surface area (Å²) in [4.78, 5) is 3.73. The smallest absolute Gasteiger partial charge is 0.370 e. The zero-order chi connectivity index (χ0) is 9.90. The number of pyridine rings is 1. The lowest BCUT2D eigenvalue weighted by Gasteiger charge is -2.08. The van der Waals surface area contributed by atoms with Crippen molar-refractivity contribution in [1.82, 2.24) is 4.98 Å². The first kappa shape index (κ1) is 9.83. The molecule has 0 fully saturated rings. The Morgan fingerprint density at radius 3 is 2.69 bits per heavy atom. The van der Waals surface area contributed by atoms with Gasteiger partial charge >= 0.3 is 6.18 Å². The number of anilines is 1. The zero-order valence-corrected chi connectivity index (χ0v) is 7.02. The van der Waals surface area contributed by atoms with Gasteiger partial charge in [0.05, 0.1) is 5.56 Å². The van der Waals surface area contributed by atoms with Gasteiger partial charge in [-0.2, -0.15) is 13.2 Å². The van der Waals surface area contributed by atoms with Gasteiger partial charge in [0.1, 0.15) is 5.82 Å². The van der Waals surface area contributed by atoms with Crippen LogP contribution in [0, 0.1) is 0 Å². The number of rotatable bonds is 2. The fraction of sp³-hybridized carbons (Fsp3) is 0.375. The van der Waals surface area contributed by atoms with Gasteiger partial charge in [-0.05, 0) is 19.1 Å². The first-order valence-corrected chi connectivity index (χ1v) is 3.81. The molecular formula is C8H9F3N2. The molecule has 2 nitrogen and oxygen atoms in total. The number of hydrogen-bond acceptors (Lipinski definition) is 2. The van der Waals surface area contributed by atoms with E-state index >= 15 is 0 Å². The van der Waals surface area contributed by atoms with E-state index in [1.807, 2.05) is 0 Å². The van der Waals surface area contributed by atoms with E-state index in [0.29, 0.717) is 6.54 Å². The molecule has 0 aliphatic carbocycles. The first-order chi connectivity index (χ1) is 6.04. The predicted octanol–water partition coefficient (Wildman–Crippen LogP) is 2.53. The highest BCUT2D eigenvalue weighted by Crippen LogP contribution is 2.29. The van der Waals surface area contributed by atoms with Crippen molar-refractivity contribution in [2.45, 2.75) is 13.1 Å². The topological polar surface area (TPSA) is 24.9 Å². The van der Waals surface area contributed by atoms with Gasteiger partial charge in [0.15, 0.2) is 0 Å². The molecule has 0 saturated carbocycles. The molecule has 0 aliphatic heterocycles. The maximum Gasteiger partial charge on any atom is 0.416 e. The minimum atomic E-state index is -4.30. The summed E-state index contributed by atoms with van der Waals surface area (Å²) in [6, 6.07) is 1.93. The minimum Gasteiger partial charge on any atom is -0.370 e. The van der Waals surface area contributed by atoms with Crippen molar-refractivity contribution in [3.8, 4) is 0 Å². The van der Waals surface area contributed by atoms with Crippen molar-refractivity contribution >= 4 is 5.82 Å². The molecule has 72 valence electrons. The molecule has 0 aliphatic rings. The molecule has 0 amide bonds. The average Bonchev–Trinajstić information content (AvgIpc) is 2.04. The van der Waals surface area contributed by atoms with Crippen molar-refractivity contribution in [2.75, 3.05) is 11.9 Å². The number of nitrogens with one attached hydrogen (secondary N) is 1. The lowest BCUT2D eigenvalue weighted by Crippen LogP contribution is -2.07. The summed E-state index contributed by atoms with van der Waals surface area (Å²) in [5.41, 5.74) is -0.682. The Labute approximate surface area is 73.8 Å². The van der Waals surface area contributed by atoms with Gasteiger partial charge in [-0.15, -0.1) is 0 Å². The minimum absolute atomic E-state index is 0.248. The lowest BCUT2D eigenvalue weighted by molar-refractivity contribution is -0.137. The standard InChI is InChI=1S/C8H9F3N2/c1-2-12-7-5-6(3-4-13-7)8(9,10)11/h3-5H,2H2,1H3,(H,12,13). The van der Waals surface area contributed by atoms with Crippen LogP contribution < -0.4 is 5.32 Å². The van der Waals surface area contributed by atoms with Crippen molar-refractivity contribution in [2.24, 2.45) is 0 Å². The summed E-state index contributed by atoms with van der Waals surface area (Å²) in [7, 11) is 0. The van der Waals surface area contributed by atoms with Crippen LogP contribution in [0.2, 0.25) is 0 Å². The molecule has 0 saturated heterocycles. The van der Waals surface area contributed by atoms with Crippen LogP contribution in [0.15, 0.2) is 18.3 Å². The maximum absolute atomic E-state index is 12.2. The molecule has 1 aromatic rings. The third kappa shape index (κ3) is 2.61. The SMILES string of the molecule is CCNc1cc(C(F)(F)F)ccn1. The molecule has 1 heterocycles. The van der Waals surface area contributed by atoms with Crippen LogP contribution >= 0.6 is 0 Å². The maximum atomic E-state index is 12.2.